The Morgan fingerprint density at radius 1 is 1.10 bits per heavy atom. The van der Waals surface area contributed by atoms with Gasteiger partial charge in [-0.3, -0.25) is 4.79 Å². The molecule has 8 nitrogen and oxygen atoms in total. The largest absolute Gasteiger partial charge is 0.493 e. The van der Waals surface area contributed by atoms with Crippen LogP contribution in [0.1, 0.15) is 6.42 Å². The fourth-order valence-corrected chi connectivity index (χ4v) is 3.47. The van der Waals surface area contributed by atoms with Gasteiger partial charge >= 0.3 is 0 Å². The average Bonchev–Trinajstić information content (AvgIpc) is 3.22. The van der Waals surface area contributed by atoms with E-state index >= 15 is 0 Å². The molecule has 0 atom stereocenters. The van der Waals surface area contributed by atoms with Crippen molar-refractivity contribution in [3.05, 3.63) is 48.5 Å². The van der Waals surface area contributed by atoms with Gasteiger partial charge < -0.3 is 14.8 Å². The van der Waals surface area contributed by atoms with Crippen molar-refractivity contribution in [2.45, 2.75) is 17.9 Å². The van der Waals surface area contributed by atoms with E-state index in [9.17, 15) is 4.79 Å². The van der Waals surface area contributed by atoms with E-state index in [0.717, 1.165) is 17.7 Å². The highest BCUT2D eigenvalue weighted by atomic mass is 32.2. The van der Waals surface area contributed by atoms with Crippen LogP contribution in [-0.4, -0.2) is 52.6 Å². The molecule has 9 heteroatoms. The van der Waals surface area contributed by atoms with Crippen molar-refractivity contribution in [2.75, 3.05) is 26.5 Å². The molecule has 0 bridgehead atoms. The number of hydrogen-bond donors (Lipinski definition) is 1. The lowest BCUT2D eigenvalue weighted by Gasteiger charge is -2.07. The molecular weight excluding hydrogens is 390 g/mol. The van der Waals surface area contributed by atoms with Crippen molar-refractivity contribution in [3.63, 3.8) is 0 Å². The Morgan fingerprint density at radius 2 is 1.90 bits per heavy atom. The molecule has 0 fully saturated rings. The summed E-state index contributed by atoms with van der Waals surface area (Å²) in [5.74, 6) is 2.40. The number of carbonyl (C=O) groups excluding carboxylic acids is 1. The molecule has 2 aromatic carbocycles. The smallest absolute Gasteiger partial charge is 0.243 e. The lowest BCUT2D eigenvalue weighted by atomic mass is 10.2. The summed E-state index contributed by atoms with van der Waals surface area (Å²) in [5.41, 5.74) is 0.729. The van der Waals surface area contributed by atoms with Crippen molar-refractivity contribution in [2.24, 2.45) is 0 Å². The Morgan fingerprint density at radius 3 is 2.66 bits per heavy atom. The molecule has 1 N–H and O–H groups in total. The van der Waals surface area contributed by atoms with Gasteiger partial charge in [0.1, 0.15) is 6.54 Å². The van der Waals surface area contributed by atoms with E-state index < -0.39 is 0 Å². The third-order valence-electron chi connectivity index (χ3n) is 4.03. The predicted molar refractivity (Wildman–Crippen MR) is 111 cm³/mol. The summed E-state index contributed by atoms with van der Waals surface area (Å²) < 4.78 is 10.5. The van der Waals surface area contributed by atoms with Gasteiger partial charge in [-0.2, -0.15) is 4.80 Å². The summed E-state index contributed by atoms with van der Waals surface area (Å²) in [4.78, 5) is 14.6. The third kappa shape index (κ3) is 5.95. The second-order valence-corrected chi connectivity index (χ2v) is 7.25. The molecule has 29 heavy (non-hydrogen) atoms. The van der Waals surface area contributed by atoms with Gasteiger partial charge in [0.2, 0.25) is 11.7 Å². The molecule has 1 amide bonds. The van der Waals surface area contributed by atoms with Crippen LogP contribution in [0, 0.1) is 0 Å². The van der Waals surface area contributed by atoms with Gasteiger partial charge in [-0.1, -0.05) is 18.2 Å². The maximum atomic E-state index is 12.1. The number of benzene rings is 2. The van der Waals surface area contributed by atoms with Crippen LogP contribution >= 0.6 is 11.8 Å². The number of nitrogens with zero attached hydrogens (tertiary/aromatic N) is 4. The molecule has 0 unspecified atom stereocenters. The quantitative estimate of drug-likeness (QED) is 0.404. The molecular formula is C20H23N5O3S. The zero-order valence-electron chi connectivity index (χ0n) is 16.4. The van der Waals surface area contributed by atoms with Gasteiger partial charge in [0.05, 0.1) is 14.2 Å². The monoisotopic (exact) mass is 413 g/mol. The highest BCUT2D eigenvalue weighted by Crippen LogP contribution is 2.30. The van der Waals surface area contributed by atoms with Gasteiger partial charge in [0.15, 0.2) is 11.5 Å². The number of amides is 1. The first kappa shape index (κ1) is 20.7. The minimum atomic E-state index is -0.147. The Kier molecular flexibility index (Phi) is 7.46. The molecule has 0 aliphatic heterocycles. The van der Waals surface area contributed by atoms with Crippen molar-refractivity contribution < 1.29 is 14.3 Å². The normalized spacial score (nSPS) is 10.6. The Hall–Kier alpha value is -3.07. The van der Waals surface area contributed by atoms with E-state index in [1.807, 2.05) is 24.3 Å². The van der Waals surface area contributed by atoms with Gasteiger partial charge in [0.25, 0.3) is 0 Å². The molecule has 0 radical (unpaired) electrons. The first-order valence-electron chi connectivity index (χ1n) is 9.14. The number of methoxy groups -OCH3 is 2. The number of thioether (sulfide) groups is 1. The van der Waals surface area contributed by atoms with E-state index in [2.05, 4.69) is 32.9 Å². The number of hydrogen-bond acceptors (Lipinski definition) is 7. The van der Waals surface area contributed by atoms with Crippen molar-refractivity contribution in [3.8, 4) is 22.9 Å². The standard InChI is InChI=1S/C20H23N5O3S/c1-27-17-10-9-15(13-18(17)28-2)20-22-24-25(23-20)14-19(26)21-11-6-12-29-16-7-4-3-5-8-16/h3-5,7-10,13H,6,11-12,14H2,1-2H3,(H,21,26). The van der Waals surface area contributed by atoms with Crippen LogP contribution in [0.3, 0.4) is 0 Å². The summed E-state index contributed by atoms with van der Waals surface area (Å²) >= 11 is 1.77. The summed E-state index contributed by atoms with van der Waals surface area (Å²) in [7, 11) is 3.14. The van der Waals surface area contributed by atoms with Crippen LogP contribution in [0.2, 0.25) is 0 Å². The van der Waals surface area contributed by atoms with Crippen LogP contribution in [0.4, 0.5) is 0 Å². The minimum absolute atomic E-state index is 0.0200. The van der Waals surface area contributed by atoms with E-state index in [1.165, 1.54) is 9.69 Å². The second kappa shape index (κ2) is 10.5. The summed E-state index contributed by atoms with van der Waals surface area (Å²) in [6, 6.07) is 15.5. The summed E-state index contributed by atoms with van der Waals surface area (Å²) in [6.07, 6.45) is 0.882. The number of carbonyl (C=O) groups is 1. The van der Waals surface area contributed by atoms with Crippen LogP contribution < -0.4 is 14.8 Å². The van der Waals surface area contributed by atoms with Gasteiger partial charge in [-0.05, 0) is 47.7 Å². The van der Waals surface area contributed by atoms with Gasteiger partial charge in [-0.25, -0.2) is 0 Å². The van der Waals surface area contributed by atoms with E-state index in [0.29, 0.717) is 23.9 Å². The van der Waals surface area contributed by atoms with E-state index in [-0.39, 0.29) is 12.5 Å². The molecule has 0 saturated heterocycles. The zero-order chi connectivity index (χ0) is 20.5. The van der Waals surface area contributed by atoms with E-state index in [1.54, 1.807) is 38.1 Å². The molecule has 0 saturated carbocycles. The van der Waals surface area contributed by atoms with Crippen molar-refractivity contribution >= 4 is 17.7 Å². The zero-order valence-corrected chi connectivity index (χ0v) is 17.2. The Balaban J connectivity index is 1.45. The van der Waals surface area contributed by atoms with Crippen molar-refractivity contribution in [1.29, 1.82) is 0 Å². The molecule has 1 heterocycles. The molecule has 0 aliphatic rings. The number of nitrogens with one attached hydrogen (secondary N) is 1. The van der Waals surface area contributed by atoms with Crippen LogP contribution in [0.5, 0.6) is 11.5 Å². The number of ether oxygens (including phenoxy) is 2. The minimum Gasteiger partial charge on any atom is -0.493 e. The highest BCUT2D eigenvalue weighted by Gasteiger charge is 2.12. The fourth-order valence-electron chi connectivity index (χ4n) is 2.59. The Bertz CT molecular complexity index is 933. The van der Waals surface area contributed by atoms with Crippen LogP contribution in [0.15, 0.2) is 53.4 Å². The molecule has 0 aliphatic carbocycles. The predicted octanol–water partition coefficient (Wildman–Crippen LogP) is 2.66. The lowest BCUT2D eigenvalue weighted by Crippen LogP contribution is -2.29. The molecule has 1 aromatic heterocycles. The molecule has 0 spiro atoms. The number of aromatic nitrogens is 4. The topological polar surface area (TPSA) is 91.2 Å². The van der Waals surface area contributed by atoms with Crippen LogP contribution in [-0.2, 0) is 11.3 Å². The first-order valence-corrected chi connectivity index (χ1v) is 10.1. The van der Waals surface area contributed by atoms with E-state index in [4.69, 9.17) is 9.47 Å². The molecule has 3 rings (SSSR count). The van der Waals surface area contributed by atoms with Gasteiger partial charge in [-0.15, -0.1) is 22.0 Å². The average molecular weight is 414 g/mol. The Labute approximate surface area is 173 Å². The van der Waals surface area contributed by atoms with Gasteiger partial charge in [0, 0.05) is 17.0 Å². The molecule has 152 valence electrons. The maximum absolute atomic E-state index is 12.1. The highest BCUT2D eigenvalue weighted by molar-refractivity contribution is 7.99. The number of rotatable bonds is 10. The lowest BCUT2D eigenvalue weighted by molar-refractivity contribution is -0.122. The molecule has 3 aromatic rings. The van der Waals surface area contributed by atoms with Crippen molar-refractivity contribution in [1.82, 2.24) is 25.5 Å². The summed E-state index contributed by atoms with van der Waals surface area (Å²) in [6.45, 7) is 0.627. The first-order chi connectivity index (χ1) is 14.2. The third-order valence-corrected chi connectivity index (χ3v) is 5.13. The van der Waals surface area contributed by atoms with Crippen LogP contribution in [0.25, 0.3) is 11.4 Å². The SMILES string of the molecule is COc1ccc(-c2nnn(CC(=O)NCCCSc3ccccc3)n2)cc1OC. The number of tetrazole rings is 1. The second-order valence-electron chi connectivity index (χ2n) is 6.08. The maximum Gasteiger partial charge on any atom is 0.243 e. The fraction of sp³-hybridized carbons (Fsp3) is 0.300. The summed E-state index contributed by atoms with van der Waals surface area (Å²) in [5, 5.41) is 15.1.